The summed E-state index contributed by atoms with van der Waals surface area (Å²) in [6, 6.07) is 9.42. The number of urea groups is 1. The van der Waals surface area contributed by atoms with Crippen LogP contribution in [0.1, 0.15) is 47.2 Å². The molecule has 0 aromatic heterocycles. The van der Waals surface area contributed by atoms with Gasteiger partial charge in [-0.15, -0.1) is 0 Å². The Labute approximate surface area is 219 Å². The van der Waals surface area contributed by atoms with Gasteiger partial charge in [0, 0.05) is 16.1 Å². The molecule has 0 radical (unpaired) electrons. The van der Waals surface area contributed by atoms with E-state index in [0.29, 0.717) is 26.0 Å². The van der Waals surface area contributed by atoms with E-state index in [1.54, 1.807) is 24.3 Å². The Morgan fingerprint density at radius 2 is 1.83 bits per heavy atom. The Bertz CT molecular complexity index is 1290. The van der Waals surface area contributed by atoms with Gasteiger partial charge < -0.3 is 4.74 Å². The SMILES string of the molecule is Cc1ccc(C(=O)Oc2c(Br)cc(Br)cc2/C=C2/C(=O)NC(=O)N([C@@H]3C[C@H]4CC[C@H]3C4)C2=O)cc1. The van der Waals surface area contributed by atoms with Crippen molar-refractivity contribution >= 4 is 61.8 Å². The van der Waals surface area contributed by atoms with Gasteiger partial charge in [-0.1, -0.05) is 40.0 Å². The Balaban J connectivity index is 1.49. The van der Waals surface area contributed by atoms with Gasteiger partial charge in [-0.3, -0.25) is 19.8 Å². The maximum Gasteiger partial charge on any atom is 0.343 e. The molecule has 3 aliphatic rings. The van der Waals surface area contributed by atoms with Crippen LogP contribution in [0.15, 0.2) is 50.9 Å². The summed E-state index contributed by atoms with van der Waals surface area (Å²) in [5, 5.41) is 2.31. The molecule has 0 unspecified atom stereocenters. The molecule has 2 aromatic rings. The summed E-state index contributed by atoms with van der Waals surface area (Å²) in [5.41, 5.74) is 1.54. The zero-order chi connectivity index (χ0) is 24.9. The number of hydrogen-bond acceptors (Lipinski definition) is 5. The fourth-order valence-electron chi connectivity index (χ4n) is 5.29. The molecular formula is C26H22Br2N2O5. The van der Waals surface area contributed by atoms with Crippen molar-refractivity contribution in [2.24, 2.45) is 11.8 Å². The van der Waals surface area contributed by atoms with Crippen molar-refractivity contribution < 1.29 is 23.9 Å². The molecule has 2 bridgehead atoms. The van der Waals surface area contributed by atoms with Crippen LogP contribution in [0.5, 0.6) is 5.75 Å². The summed E-state index contributed by atoms with van der Waals surface area (Å²) in [5.74, 6) is -1.02. The summed E-state index contributed by atoms with van der Waals surface area (Å²) < 4.78 is 6.79. The van der Waals surface area contributed by atoms with E-state index in [1.807, 2.05) is 19.1 Å². The molecular weight excluding hydrogens is 580 g/mol. The number of rotatable bonds is 4. The van der Waals surface area contributed by atoms with Gasteiger partial charge in [0.15, 0.2) is 5.75 Å². The van der Waals surface area contributed by atoms with E-state index in [4.69, 9.17) is 4.74 Å². The second-order valence-electron chi connectivity index (χ2n) is 9.30. The predicted octanol–water partition coefficient (Wildman–Crippen LogP) is 5.39. The zero-order valence-electron chi connectivity index (χ0n) is 18.8. The molecule has 3 atom stereocenters. The Morgan fingerprint density at radius 3 is 2.49 bits per heavy atom. The minimum absolute atomic E-state index is 0.162. The number of benzene rings is 2. The third-order valence-electron chi connectivity index (χ3n) is 6.98. The summed E-state index contributed by atoms with van der Waals surface area (Å²) >= 11 is 6.83. The Hall–Kier alpha value is -2.78. The smallest absolute Gasteiger partial charge is 0.343 e. The molecule has 7 nitrogen and oxygen atoms in total. The van der Waals surface area contributed by atoms with Crippen LogP contribution in [0, 0.1) is 18.8 Å². The average molecular weight is 602 g/mol. The van der Waals surface area contributed by atoms with E-state index in [2.05, 4.69) is 37.2 Å². The number of hydrogen-bond donors (Lipinski definition) is 1. The molecule has 1 aliphatic heterocycles. The third kappa shape index (κ3) is 4.59. The molecule has 1 N–H and O–H groups in total. The number of halogens is 2. The number of imide groups is 2. The van der Waals surface area contributed by atoms with Gasteiger partial charge in [0.2, 0.25) is 0 Å². The number of barbiturate groups is 1. The van der Waals surface area contributed by atoms with E-state index >= 15 is 0 Å². The van der Waals surface area contributed by atoms with E-state index in [9.17, 15) is 19.2 Å². The van der Waals surface area contributed by atoms with Crippen LogP contribution in [-0.4, -0.2) is 34.8 Å². The van der Waals surface area contributed by atoms with E-state index < -0.39 is 23.8 Å². The monoisotopic (exact) mass is 600 g/mol. The normalized spacial score (nSPS) is 24.8. The standard InChI is InChI=1S/C26H22Br2N2O5/c1-13-2-5-15(6-3-13)25(33)35-22-17(10-18(27)12-20(22)28)11-19-23(31)29-26(34)30(24(19)32)21-9-14-4-7-16(21)8-14/h2-3,5-6,10-12,14,16,21H,4,7-9H2,1H3,(H,29,31,34)/b19-11-/t14-,16-,21+/m0/s1. The van der Waals surface area contributed by atoms with E-state index in [0.717, 1.165) is 31.2 Å². The number of nitrogens with zero attached hydrogens (tertiary/aromatic N) is 1. The fourth-order valence-corrected chi connectivity index (χ4v) is 6.63. The van der Waals surface area contributed by atoms with Gasteiger partial charge in [-0.05, 0) is 84.3 Å². The van der Waals surface area contributed by atoms with Crippen LogP contribution in [0.2, 0.25) is 0 Å². The van der Waals surface area contributed by atoms with Crippen molar-refractivity contribution in [3.05, 3.63) is 67.6 Å². The van der Waals surface area contributed by atoms with Crippen LogP contribution < -0.4 is 10.1 Å². The molecule has 1 saturated heterocycles. The highest BCUT2D eigenvalue weighted by molar-refractivity contribution is 9.11. The highest BCUT2D eigenvalue weighted by atomic mass is 79.9. The van der Waals surface area contributed by atoms with Crippen molar-refractivity contribution in [3.63, 3.8) is 0 Å². The first kappa shape index (κ1) is 23.9. The quantitative estimate of drug-likeness (QED) is 0.220. The lowest BCUT2D eigenvalue weighted by atomic mass is 9.93. The number of carbonyl (C=O) groups excluding carboxylic acids is 4. The number of nitrogens with one attached hydrogen (secondary N) is 1. The summed E-state index contributed by atoms with van der Waals surface area (Å²) in [6.45, 7) is 1.92. The molecule has 3 fully saturated rings. The average Bonchev–Trinajstić information content (AvgIpc) is 3.43. The van der Waals surface area contributed by atoms with Crippen LogP contribution in [0.4, 0.5) is 4.79 Å². The molecule has 35 heavy (non-hydrogen) atoms. The van der Waals surface area contributed by atoms with E-state index in [-0.39, 0.29) is 23.3 Å². The topological polar surface area (TPSA) is 92.8 Å². The van der Waals surface area contributed by atoms with Crippen molar-refractivity contribution in [2.75, 3.05) is 0 Å². The van der Waals surface area contributed by atoms with Crippen molar-refractivity contribution in [1.82, 2.24) is 10.2 Å². The first-order valence-electron chi connectivity index (χ1n) is 11.4. The first-order chi connectivity index (χ1) is 16.7. The number of ether oxygens (including phenoxy) is 1. The highest BCUT2D eigenvalue weighted by Gasteiger charge is 2.49. The molecule has 5 rings (SSSR count). The Kier molecular flexibility index (Phi) is 6.40. The van der Waals surface area contributed by atoms with Crippen LogP contribution in [0.25, 0.3) is 6.08 Å². The second kappa shape index (κ2) is 9.35. The minimum Gasteiger partial charge on any atom is -0.421 e. The molecule has 180 valence electrons. The molecule has 2 aliphatic carbocycles. The second-order valence-corrected chi connectivity index (χ2v) is 11.1. The van der Waals surface area contributed by atoms with Crippen LogP contribution >= 0.6 is 31.9 Å². The van der Waals surface area contributed by atoms with Gasteiger partial charge in [-0.2, -0.15) is 0 Å². The number of carbonyl (C=O) groups is 4. The third-order valence-corrected chi connectivity index (χ3v) is 8.03. The van der Waals surface area contributed by atoms with Gasteiger partial charge in [0.05, 0.1) is 10.0 Å². The Morgan fingerprint density at radius 1 is 1.09 bits per heavy atom. The van der Waals surface area contributed by atoms with E-state index in [1.165, 1.54) is 11.0 Å². The minimum atomic E-state index is -0.772. The predicted molar refractivity (Wildman–Crippen MR) is 136 cm³/mol. The number of esters is 1. The largest absolute Gasteiger partial charge is 0.421 e. The first-order valence-corrected chi connectivity index (χ1v) is 13.0. The van der Waals surface area contributed by atoms with Crippen molar-refractivity contribution in [2.45, 2.75) is 38.6 Å². The van der Waals surface area contributed by atoms with Gasteiger partial charge in [-0.25, -0.2) is 9.59 Å². The fraction of sp³-hybridized carbons (Fsp3) is 0.308. The van der Waals surface area contributed by atoms with Gasteiger partial charge >= 0.3 is 12.0 Å². The van der Waals surface area contributed by atoms with Gasteiger partial charge in [0.25, 0.3) is 11.8 Å². The lowest BCUT2D eigenvalue weighted by molar-refractivity contribution is -0.132. The number of fused-ring (bicyclic) bond motifs is 2. The van der Waals surface area contributed by atoms with Crippen molar-refractivity contribution in [1.29, 1.82) is 0 Å². The summed E-state index contributed by atoms with van der Waals surface area (Å²) in [6.07, 6.45) is 5.25. The summed E-state index contributed by atoms with van der Waals surface area (Å²) in [7, 11) is 0. The van der Waals surface area contributed by atoms with Crippen LogP contribution in [0.3, 0.4) is 0 Å². The number of amides is 4. The lowest BCUT2D eigenvalue weighted by Gasteiger charge is -2.35. The van der Waals surface area contributed by atoms with Gasteiger partial charge in [0.1, 0.15) is 5.57 Å². The molecule has 2 saturated carbocycles. The summed E-state index contributed by atoms with van der Waals surface area (Å²) in [4.78, 5) is 52.8. The molecule has 2 aromatic carbocycles. The molecule has 1 heterocycles. The number of aryl methyl sites for hydroxylation is 1. The molecule has 0 spiro atoms. The maximum atomic E-state index is 13.4. The zero-order valence-corrected chi connectivity index (χ0v) is 22.0. The van der Waals surface area contributed by atoms with Crippen LogP contribution in [-0.2, 0) is 9.59 Å². The maximum absolute atomic E-state index is 13.4. The lowest BCUT2D eigenvalue weighted by Crippen LogP contribution is -2.58. The highest BCUT2D eigenvalue weighted by Crippen LogP contribution is 2.47. The molecule has 9 heteroatoms. The van der Waals surface area contributed by atoms with Crippen molar-refractivity contribution in [3.8, 4) is 5.75 Å². The molecule has 4 amide bonds.